The number of rotatable bonds is 5. The van der Waals surface area contributed by atoms with Gasteiger partial charge < -0.3 is 9.47 Å². The van der Waals surface area contributed by atoms with Crippen molar-refractivity contribution in [3.05, 3.63) is 53.6 Å². The Morgan fingerprint density at radius 3 is 2.44 bits per heavy atom. The second-order valence-corrected chi connectivity index (χ2v) is 4.31. The zero-order valence-corrected chi connectivity index (χ0v) is 11.0. The Balaban J connectivity index is 2.13. The van der Waals surface area contributed by atoms with Gasteiger partial charge in [-0.2, -0.15) is 0 Å². The lowest BCUT2D eigenvalue weighted by Gasteiger charge is -2.08. The summed E-state index contributed by atoms with van der Waals surface area (Å²) < 4.78 is 10.5. The van der Waals surface area contributed by atoms with E-state index in [2.05, 4.69) is 0 Å². The Hall–Kier alpha value is -1.51. The quantitative estimate of drug-likeness (QED) is 0.758. The minimum absolute atomic E-state index is 0.556. The van der Waals surface area contributed by atoms with Crippen LogP contribution in [-0.2, 0) is 4.74 Å². The summed E-state index contributed by atoms with van der Waals surface area (Å²) in [6.07, 6.45) is 0. The van der Waals surface area contributed by atoms with Crippen LogP contribution in [0.15, 0.2) is 48.5 Å². The van der Waals surface area contributed by atoms with Crippen LogP contribution in [0.1, 0.15) is 0 Å². The van der Waals surface area contributed by atoms with Crippen molar-refractivity contribution in [1.82, 2.24) is 0 Å². The molecule has 94 valence electrons. The summed E-state index contributed by atoms with van der Waals surface area (Å²) in [5.41, 5.74) is 2.23. The van der Waals surface area contributed by atoms with Crippen LogP contribution in [0.5, 0.6) is 5.75 Å². The number of halogens is 1. The smallest absolute Gasteiger partial charge is 0.120 e. The third kappa shape index (κ3) is 3.49. The number of hydrogen-bond acceptors (Lipinski definition) is 2. The zero-order valence-electron chi connectivity index (χ0n) is 10.2. The van der Waals surface area contributed by atoms with Crippen molar-refractivity contribution in [2.75, 3.05) is 20.3 Å². The highest BCUT2D eigenvalue weighted by molar-refractivity contribution is 6.30. The second-order valence-electron chi connectivity index (χ2n) is 3.88. The third-order valence-electron chi connectivity index (χ3n) is 2.57. The first-order valence-electron chi connectivity index (χ1n) is 5.77. The topological polar surface area (TPSA) is 18.5 Å². The van der Waals surface area contributed by atoms with Crippen molar-refractivity contribution >= 4 is 11.6 Å². The Kier molecular flexibility index (Phi) is 4.62. The minimum Gasteiger partial charge on any atom is -0.491 e. The molecule has 2 rings (SSSR count). The van der Waals surface area contributed by atoms with Gasteiger partial charge in [-0.15, -0.1) is 0 Å². The fourth-order valence-electron chi connectivity index (χ4n) is 1.65. The molecule has 0 aliphatic rings. The van der Waals surface area contributed by atoms with Crippen LogP contribution in [0.3, 0.4) is 0 Å². The lowest BCUT2D eigenvalue weighted by Crippen LogP contribution is -2.04. The number of benzene rings is 2. The molecule has 0 saturated heterocycles. The standard InChI is InChI=1S/C15H15ClO2/c1-17-9-10-18-15-4-2-3-13(11-15)12-5-7-14(16)8-6-12/h2-8,11H,9-10H2,1H3. The first-order chi connectivity index (χ1) is 8.79. The van der Waals surface area contributed by atoms with Crippen LogP contribution in [0.2, 0.25) is 5.02 Å². The normalized spacial score (nSPS) is 10.3. The monoisotopic (exact) mass is 262 g/mol. The van der Waals surface area contributed by atoms with Gasteiger partial charge in [0.15, 0.2) is 0 Å². The lowest BCUT2D eigenvalue weighted by molar-refractivity contribution is 0.146. The Morgan fingerprint density at radius 2 is 1.72 bits per heavy atom. The average molecular weight is 263 g/mol. The van der Waals surface area contributed by atoms with E-state index in [0.717, 1.165) is 21.9 Å². The summed E-state index contributed by atoms with van der Waals surface area (Å²) in [5, 5.41) is 0.742. The zero-order chi connectivity index (χ0) is 12.8. The van der Waals surface area contributed by atoms with Crippen LogP contribution >= 0.6 is 11.6 Å². The van der Waals surface area contributed by atoms with Crippen molar-refractivity contribution in [1.29, 1.82) is 0 Å². The Labute approximate surface area is 112 Å². The predicted octanol–water partition coefficient (Wildman–Crippen LogP) is 4.03. The van der Waals surface area contributed by atoms with E-state index in [1.807, 2.05) is 48.5 Å². The summed E-state index contributed by atoms with van der Waals surface area (Å²) in [6, 6.07) is 15.7. The molecule has 0 radical (unpaired) electrons. The van der Waals surface area contributed by atoms with Gasteiger partial charge in [0.1, 0.15) is 12.4 Å². The molecular weight excluding hydrogens is 248 g/mol. The molecule has 0 spiro atoms. The third-order valence-corrected chi connectivity index (χ3v) is 2.82. The van der Waals surface area contributed by atoms with Crippen molar-refractivity contribution in [2.45, 2.75) is 0 Å². The lowest BCUT2D eigenvalue weighted by atomic mass is 10.1. The van der Waals surface area contributed by atoms with E-state index in [4.69, 9.17) is 21.1 Å². The highest BCUT2D eigenvalue weighted by Crippen LogP contribution is 2.25. The summed E-state index contributed by atoms with van der Waals surface area (Å²) in [4.78, 5) is 0. The highest BCUT2D eigenvalue weighted by Gasteiger charge is 2.00. The summed E-state index contributed by atoms with van der Waals surface area (Å²) in [5.74, 6) is 0.847. The molecule has 0 fully saturated rings. The molecule has 2 aromatic rings. The van der Waals surface area contributed by atoms with Gasteiger partial charge in [0.05, 0.1) is 6.61 Å². The Bertz CT molecular complexity index is 494. The van der Waals surface area contributed by atoms with Gasteiger partial charge in [0, 0.05) is 12.1 Å². The molecule has 18 heavy (non-hydrogen) atoms. The van der Waals surface area contributed by atoms with Crippen LogP contribution in [0.4, 0.5) is 0 Å². The molecule has 0 heterocycles. The fourth-order valence-corrected chi connectivity index (χ4v) is 1.78. The van der Waals surface area contributed by atoms with Crippen LogP contribution in [-0.4, -0.2) is 20.3 Å². The molecule has 0 N–H and O–H groups in total. The van der Waals surface area contributed by atoms with Gasteiger partial charge in [-0.3, -0.25) is 0 Å². The van der Waals surface area contributed by atoms with Crippen LogP contribution in [0.25, 0.3) is 11.1 Å². The first-order valence-corrected chi connectivity index (χ1v) is 6.15. The van der Waals surface area contributed by atoms with Gasteiger partial charge in [-0.25, -0.2) is 0 Å². The molecule has 2 nitrogen and oxygen atoms in total. The molecule has 0 unspecified atom stereocenters. The van der Waals surface area contributed by atoms with Crippen molar-refractivity contribution in [3.8, 4) is 16.9 Å². The number of methoxy groups -OCH3 is 1. The van der Waals surface area contributed by atoms with E-state index < -0.39 is 0 Å². The maximum atomic E-state index is 5.88. The van der Waals surface area contributed by atoms with Gasteiger partial charge in [0.25, 0.3) is 0 Å². The molecule has 0 atom stereocenters. The molecule has 0 aromatic heterocycles. The van der Waals surface area contributed by atoms with E-state index in [9.17, 15) is 0 Å². The van der Waals surface area contributed by atoms with Gasteiger partial charge in [0.2, 0.25) is 0 Å². The van der Waals surface area contributed by atoms with Crippen molar-refractivity contribution in [3.63, 3.8) is 0 Å². The SMILES string of the molecule is COCCOc1cccc(-c2ccc(Cl)cc2)c1. The van der Waals surface area contributed by atoms with E-state index in [1.165, 1.54) is 0 Å². The highest BCUT2D eigenvalue weighted by atomic mass is 35.5. The van der Waals surface area contributed by atoms with E-state index in [-0.39, 0.29) is 0 Å². The largest absolute Gasteiger partial charge is 0.491 e. The molecule has 0 bridgehead atoms. The second kappa shape index (κ2) is 6.43. The fraction of sp³-hybridized carbons (Fsp3) is 0.200. The van der Waals surface area contributed by atoms with Gasteiger partial charge >= 0.3 is 0 Å². The maximum Gasteiger partial charge on any atom is 0.120 e. The summed E-state index contributed by atoms with van der Waals surface area (Å²) in [6.45, 7) is 1.14. The van der Waals surface area contributed by atoms with Gasteiger partial charge in [-0.1, -0.05) is 35.9 Å². The minimum atomic E-state index is 0.556. The van der Waals surface area contributed by atoms with E-state index in [0.29, 0.717) is 13.2 Å². The van der Waals surface area contributed by atoms with Crippen molar-refractivity contribution < 1.29 is 9.47 Å². The summed E-state index contributed by atoms with van der Waals surface area (Å²) in [7, 11) is 1.66. The first kappa shape index (κ1) is 12.9. The molecule has 0 aliphatic carbocycles. The molecule has 0 amide bonds. The van der Waals surface area contributed by atoms with Crippen molar-refractivity contribution in [2.24, 2.45) is 0 Å². The Morgan fingerprint density at radius 1 is 0.944 bits per heavy atom. The molecule has 2 aromatic carbocycles. The van der Waals surface area contributed by atoms with Crippen LogP contribution in [0, 0.1) is 0 Å². The molecular formula is C15H15ClO2. The number of hydrogen-bond donors (Lipinski definition) is 0. The number of ether oxygens (including phenoxy) is 2. The molecule has 3 heteroatoms. The molecule has 0 aliphatic heterocycles. The van der Waals surface area contributed by atoms with E-state index >= 15 is 0 Å². The average Bonchev–Trinajstić information content (AvgIpc) is 2.40. The maximum absolute atomic E-state index is 5.88. The predicted molar refractivity (Wildman–Crippen MR) is 74.3 cm³/mol. The van der Waals surface area contributed by atoms with Gasteiger partial charge in [-0.05, 0) is 35.4 Å². The molecule has 0 saturated carbocycles. The summed E-state index contributed by atoms with van der Waals surface area (Å²) >= 11 is 5.88. The van der Waals surface area contributed by atoms with Crippen LogP contribution < -0.4 is 4.74 Å². The van der Waals surface area contributed by atoms with E-state index in [1.54, 1.807) is 7.11 Å².